The van der Waals surface area contributed by atoms with Crippen molar-refractivity contribution >= 4 is 33.5 Å². The van der Waals surface area contributed by atoms with Crippen molar-refractivity contribution in [3.63, 3.8) is 0 Å². The molecule has 0 heterocycles. The van der Waals surface area contributed by atoms with Gasteiger partial charge in [0.15, 0.2) is 6.10 Å². The summed E-state index contributed by atoms with van der Waals surface area (Å²) in [6, 6.07) is 5.65. The van der Waals surface area contributed by atoms with Gasteiger partial charge in [-0.2, -0.15) is 0 Å². The van der Waals surface area contributed by atoms with Crippen LogP contribution in [0.5, 0.6) is 0 Å². The fraction of sp³-hybridized carbons (Fsp3) is 0.500. The largest absolute Gasteiger partial charge is 0.453 e. The van der Waals surface area contributed by atoms with E-state index in [4.69, 9.17) is 16.3 Å². The molecule has 0 fully saturated rings. The van der Waals surface area contributed by atoms with Crippen LogP contribution in [-0.2, 0) is 24.3 Å². The van der Waals surface area contributed by atoms with Gasteiger partial charge in [-0.1, -0.05) is 25.4 Å². The van der Waals surface area contributed by atoms with E-state index in [9.17, 15) is 18.0 Å². The van der Waals surface area contributed by atoms with E-state index in [2.05, 4.69) is 10.0 Å². The monoisotopic (exact) mass is 390 g/mol. The number of nitrogens with one attached hydrogen (secondary N) is 2. The maximum absolute atomic E-state index is 12.0. The standard InChI is InChI=1S/C16H23ClN2O5S/c1-11(2)10-18-16(21)12(3)24-15(20)8-9-19-25(22,23)14-6-4-13(17)5-7-14/h4-7,11-12,19H,8-10H2,1-3H3,(H,18,21)/t12-/m1/s1. The van der Waals surface area contributed by atoms with Gasteiger partial charge in [-0.25, -0.2) is 13.1 Å². The van der Waals surface area contributed by atoms with Crippen LogP contribution in [-0.4, -0.2) is 39.5 Å². The Bertz CT molecular complexity index is 689. The van der Waals surface area contributed by atoms with Crippen molar-refractivity contribution in [3.05, 3.63) is 29.3 Å². The minimum atomic E-state index is -3.73. The lowest BCUT2D eigenvalue weighted by atomic mass is 10.2. The summed E-state index contributed by atoms with van der Waals surface area (Å²) in [5.41, 5.74) is 0. The molecule has 1 rings (SSSR count). The molecule has 0 bridgehead atoms. The zero-order valence-corrected chi connectivity index (χ0v) is 16.0. The van der Waals surface area contributed by atoms with Crippen LogP contribution >= 0.6 is 11.6 Å². The van der Waals surface area contributed by atoms with Crippen molar-refractivity contribution < 1.29 is 22.7 Å². The first-order valence-corrected chi connectivity index (χ1v) is 9.70. The third-order valence-corrected chi connectivity index (χ3v) is 4.84. The number of hydrogen-bond acceptors (Lipinski definition) is 5. The van der Waals surface area contributed by atoms with Gasteiger partial charge < -0.3 is 10.1 Å². The maximum Gasteiger partial charge on any atom is 0.307 e. The van der Waals surface area contributed by atoms with Crippen LogP contribution in [0.4, 0.5) is 0 Å². The average molecular weight is 391 g/mol. The average Bonchev–Trinajstić information content (AvgIpc) is 2.52. The van der Waals surface area contributed by atoms with Gasteiger partial charge >= 0.3 is 5.97 Å². The first-order valence-electron chi connectivity index (χ1n) is 7.84. The second-order valence-corrected chi connectivity index (χ2v) is 8.08. The van der Waals surface area contributed by atoms with Gasteiger partial charge in [0.1, 0.15) is 0 Å². The zero-order valence-electron chi connectivity index (χ0n) is 14.4. The van der Waals surface area contributed by atoms with Crippen molar-refractivity contribution in [1.29, 1.82) is 0 Å². The van der Waals surface area contributed by atoms with Crippen LogP contribution in [0.3, 0.4) is 0 Å². The quantitative estimate of drug-likeness (QED) is 0.625. The molecule has 0 saturated carbocycles. The van der Waals surface area contributed by atoms with Gasteiger partial charge in [-0.3, -0.25) is 9.59 Å². The summed E-state index contributed by atoms with van der Waals surface area (Å²) in [4.78, 5) is 23.5. The molecule has 0 aromatic heterocycles. The van der Waals surface area contributed by atoms with Crippen LogP contribution in [0, 0.1) is 5.92 Å². The van der Waals surface area contributed by atoms with Gasteiger partial charge in [0.2, 0.25) is 10.0 Å². The SMILES string of the molecule is CC(C)CNC(=O)[C@@H](C)OC(=O)CCNS(=O)(=O)c1ccc(Cl)cc1. The van der Waals surface area contributed by atoms with E-state index in [-0.39, 0.29) is 29.7 Å². The number of amides is 1. The van der Waals surface area contributed by atoms with Gasteiger partial charge in [0, 0.05) is 18.1 Å². The first kappa shape index (κ1) is 21.4. The second kappa shape index (κ2) is 9.74. The highest BCUT2D eigenvalue weighted by atomic mass is 35.5. The number of carbonyl (C=O) groups is 2. The number of halogens is 1. The summed E-state index contributed by atoms with van der Waals surface area (Å²) in [6.45, 7) is 5.71. The molecular formula is C16H23ClN2O5S. The number of rotatable bonds is 9. The first-order chi connectivity index (χ1) is 11.6. The molecule has 9 heteroatoms. The van der Waals surface area contributed by atoms with Crippen LogP contribution in [0.1, 0.15) is 27.2 Å². The van der Waals surface area contributed by atoms with E-state index in [0.29, 0.717) is 11.6 Å². The highest BCUT2D eigenvalue weighted by molar-refractivity contribution is 7.89. The fourth-order valence-electron chi connectivity index (χ4n) is 1.74. The summed E-state index contributed by atoms with van der Waals surface area (Å²) < 4.78 is 31.3. The number of sulfonamides is 1. The molecule has 0 saturated heterocycles. The fourth-order valence-corrected chi connectivity index (χ4v) is 2.90. The molecule has 0 unspecified atom stereocenters. The van der Waals surface area contributed by atoms with Crippen molar-refractivity contribution in [3.8, 4) is 0 Å². The Balaban J connectivity index is 2.41. The van der Waals surface area contributed by atoms with Crippen LogP contribution in [0.25, 0.3) is 0 Å². The van der Waals surface area contributed by atoms with Crippen LogP contribution < -0.4 is 10.0 Å². The molecule has 1 aromatic rings. The molecule has 1 amide bonds. The number of esters is 1. The van der Waals surface area contributed by atoms with Crippen LogP contribution in [0.15, 0.2) is 29.2 Å². The van der Waals surface area contributed by atoms with E-state index in [1.807, 2.05) is 13.8 Å². The van der Waals surface area contributed by atoms with Gasteiger partial charge in [-0.05, 0) is 37.1 Å². The Morgan fingerprint density at radius 1 is 1.16 bits per heavy atom. The maximum atomic E-state index is 12.0. The number of benzene rings is 1. The van der Waals surface area contributed by atoms with Crippen molar-refractivity contribution in [2.75, 3.05) is 13.1 Å². The Labute approximate surface area is 153 Å². The molecule has 2 N–H and O–H groups in total. The minimum absolute atomic E-state index is 0.0479. The molecule has 1 aromatic carbocycles. The third-order valence-electron chi connectivity index (χ3n) is 3.11. The summed E-state index contributed by atoms with van der Waals surface area (Å²) in [6.07, 6.45) is -1.12. The predicted molar refractivity (Wildman–Crippen MR) is 94.7 cm³/mol. The van der Waals surface area contributed by atoms with E-state index in [1.54, 1.807) is 0 Å². The van der Waals surface area contributed by atoms with Crippen molar-refractivity contribution in [2.24, 2.45) is 5.92 Å². The third kappa shape index (κ3) is 7.85. The lowest BCUT2D eigenvalue weighted by molar-refractivity contribution is -0.154. The Hall–Kier alpha value is -1.64. The number of hydrogen-bond donors (Lipinski definition) is 2. The molecule has 0 radical (unpaired) electrons. The predicted octanol–water partition coefficient (Wildman–Crippen LogP) is 1.71. The van der Waals surface area contributed by atoms with Gasteiger partial charge in [0.05, 0.1) is 11.3 Å². The van der Waals surface area contributed by atoms with E-state index < -0.39 is 22.1 Å². The molecule has 0 aliphatic rings. The minimum Gasteiger partial charge on any atom is -0.453 e. The van der Waals surface area contributed by atoms with E-state index in [1.165, 1.54) is 31.2 Å². The summed E-state index contributed by atoms with van der Waals surface area (Å²) in [7, 11) is -3.73. The molecule has 7 nitrogen and oxygen atoms in total. The van der Waals surface area contributed by atoms with E-state index in [0.717, 1.165) is 0 Å². The highest BCUT2D eigenvalue weighted by Gasteiger charge is 2.19. The summed E-state index contributed by atoms with van der Waals surface area (Å²) >= 11 is 5.71. The van der Waals surface area contributed by atoms with E-state index >= 15 is 0 Å². The summed E-state index contributed by atoms with van der Waals surface area (Å²) in [5.74, 6) is -0.760. The van der Waals surface area contributed by atoms with Crippen molar-refractivity contribution in [2.45, 2.75) is 38.2 Å². The molecule has 1 atom stereocenters. The molecule has 0 spiro atoms. The molecule has 0 aliphatic carbocycles. The smallest absolute Gasteiger partial charge is 0.307 e. The second-order valence-electron chi connectivity index (χ2n) is 5.87. The topological polar surface area (TPSA) is 102 Å². The lowest BCUT2D eigenvalue weighted by Crippen LogP contribution is -2.38. The van der Waals surface area contributed by atoms with Crippen LogP contribution in [0.2, 0.25) is 5.02 Å². The Kier molecular flexibility index (Phi) is 8.34. The zero-order chi connectivity index (χ0) is 19.0. The highest BCUT2D eigenvalue weighted by Crippen LogP contribution is 2.13. The lowest BCUT2D eigenvalue weighted by Gasteiger charge is -2.14. The molecule has 140 valence electrons. The number of carbonyl (C=O) groups excluding carboxylic acids is 2. The number of ether oxygens (including phenoxy) is 1. The van der Waals surface area contributed by atoms with Gasteiger partial charge in [-0.15, -0.1) is 0 Å². The Morgan fingerprint density at radius 3 is 2.32 bits per heavy atom. The normalized spacial score (nSPS) is 12.7. The molecule has 25 heavy (non-hydrogen) atoms. The van der Waals surface area contributed by atoms with Crippen molar-refractivity contribution in [1.82, 2.24) is 10.0 Å². The molecular weight excluding hydrogens is 368 g/mol. The van der Waals surface area contributed by atoms with Gasteiger partial charge in [0.25, 0.3) is 5.91 Å². The Morgan fingerprint density at radius 2 is 1.76 bits per heavy atom. The summed E-state index contributed by atoms with van der Waals surface area (Å²) in [5, 5.41) is 3.08. The molecule has 0 aliphatic heterocycles.